The molecule has 0 aliphatic carbocycles. The van der Waals surface area contributed by atoms with Crippen LogP contribution in [0, 0.1) is 6.92 Å². The van der Waals surface area contributed by atoms with Gasteiger partial charge in [-0.15, -0.1) is 0 Å². The largest absolute Gasteiger partial charge is 0.324 e. The van der Waals surface area contributed by atoms with Gasteiger partial charge in [-0.3, -0.25) is 4.98 Å². The number of hydrogen-bond donors (Lipinski definition) is 1. The van der Waals surface area contributed by atoms with Gasteiger partial charge in [0.25, 0.3) is 0 Å². The lowest BCUT2D eigenvalue weighted by Crippen LogP contribution is -2.14. The predicted molar refractivity (Wildman–Crippen MR) is 88.6 cm³/mol. The molecule has 2 nitrogen and oxygen atoms in total. The fourth-order valence-corrected chi connectivity index (χ4v) is 2.76. The van der Waals surface area contributed by atoms with Crippen molar-refractivity contribution in [3.8, 4) is 0 Å². The van der Waals surface area contributed by atoms with Crippen LogP contribution < -0.4 is 5.73 Å². The van der Waals surface area contributed by atoms with Crippen LogP contribution >= 0.6 is 11.6 Å². The Morgan fingerprint density at radius 1 is 1.10 bits per heavy atom. The van der Waals surface area contributed by atoms with Crippen molar-refractivity contribution in [2.24, 2.45) is 5.73 Å². The summed E-state index contributed by atoms with van der Waals surface area (Å²) >= 11 is 5.92. The second-order valence-electron chi connectivity index (χ2n) is 5.31. The van der Waals surface area contributed by atoms with E-state index >= 15 is 0 Å². The second-order valence-corrected chi connectivity index (χ2v) is 5.74. The summed E-state index contributed by atoms with van der Waals surface area (Å²) in [6, 6.07) is 18.0. The maximum atomic E-state index is 6.44. The number of halogens is 1. The number of benzene rings is 2. The smallest absolute Gasteiger partial charge is 0.0708 e. The van der Waals surface area contributed by atoms with Gasteiger partial charge in [-0.25, -0.2) is 0 Å². The van der Waals surface area contributed by atoms with Crippen molar-refractivity contribution in [1.82, 2.24) is 4.98 Å². The summed E-state index contributed by atoms with van der Waals surface area (Å²) < 4.78 is 0. The molecule has 3 aromatic rings. The van der Waals surface area contributed by atoms with E-state index in [4.69, 9.17) is 17.3 Å². The number of nitrogens with two attached hydrogens (primary N) is 1. The molecule has 2 N–H and O–H groups in total. The average molecular weight is 297 g/mol. The number of aryl methyl sites for hydroxylation is 1. The highest BCUT2D eigenvalue weighted by atomic mass is 35.5. The number of pyridine rings is 1. The molecule has 1 aromatic heterocycles. The van der Waals surface area contributed by atoms with Gasteiger partial charge in [0.2, 0.25) is 0 Å². The lowest BCUT2D eigenvalue weighted by atomic mass is 9.96. The van der Waals surface area contributed by atoms with Crippen LogP contribution in [-0.4, -0.2) is 4.98 Å². The molecular formula is C18H17ClN2. The minimum atomic E-state index is -0.0576. The zero-order valence-electron chi connectivity index (χ0n) is 11.9. The number of rotatable bonds is 3. The highest BCUT2D eigenvalue weighted by molar-refractivity contribution is 6.30. The molecule has 0 amide bonds. The first-order chi connectivity index (χ1) is 10.1. The molecule has 0 saturated heterocycles. The molecule has 2 aromatic carbocycles. The number of aromatic nitrogens is 1. The van der Waals surface area contributed by atoms with E-state index in [1.54, 1.807) is 0 Å². The van der Waals surface area contributed by atoms with Crippen LogP contribution in [0.3, 0.4) is 0 Å². The van der Waals surface area contributed by atoms with Crippen molar-refractivity contribution in [1.29, 1.82) is 0 Å². The fourth-order valence-electron chi connectivity index (χ4n) is 2.63. The Balaban J connectivity index is 1.97. The zero-order valence-corrected chi connectivity index (χ0v) is 12.6. The molecule has 0 radical (unpaired) electrons. The molecule has 1 heterocycles. The quantitative estimate of drug-likeness (QED) is 0.776. The van der Waals surface area contributed by atoms with Crippen molar-refractivity contribution in [3.05, 3.63) is 76.4 Å². The Kier molecular flexibility index (Phi) is 3.91. The molecule has 0 spiro atoms. The van der Waals surface area contributed by atoms with E-state index in [2.05, 4.69) is 17.1 Å². The lowest BCUT2D eigenvalue weighted by molar-refractivity contribution is 0.726. The second kappa shape index (κ2) is 5.84. The maximum Gasteiger partial charge on any atom is 0.0708 e. The maximum absolute atomic E-state index is 6.44. The summed E-state index contributed by atoms with van der Waals surface area (Å²) in [5.41, 5.74) is 10.8. The molecule has 1 atom stereocenters. The van der Waals surface area contributed by atoms with Crippen molar-refractivity contribution in [2.45, 2.75) is 19.4 Å². The summed E-state index contributed by atoms with van der Waals surface area (Å²) in [5.74, 6) is 0. The summed E-state index contributed by atoms with van der Waals surface area (Å²) in [4.78, 5) is 4.56. The van der Waals surface area contributed by atoms with Crippen molar-refractivity contribution >= 4 is 22.5 Å². The van der Waals surface area contributed by atoms with Crippen molar-refractivity contribution in [3.63, 3.8) is 0 Å². The lowest BCUT2D eigenvalue weighted by Gasteiger charge is -2.15. The van der Waals surface area contributed by atoms with E-state index in [0.29, 0.717) is 0 Å². The first-order valence-corrected chi connectivity index (χ1v) is 7.37. The third-order valence-corrected chi connectivity index (χ3v) is 3.90. The van der Waals surface area contributed by atoms with Gasteiger partial charge in [0.15, 0.2) is 0 Å². The van der Waals surface area contributed by atoms with Crippen LogP contribution in [0.1, 0.15) is 22.9 Å². The van der Waals surface area contributed by atoms with E-state index in [-0.39, 0.29) is 6.04 Å². The fraction of sp³-hybridized carbons (Fsp3) is 0.167. The molecular weight excluding hydrogens is 280 g/mol. The predicted octanol–water partition coefficient (Wildman–Crippen LogP) is 4.44. The standard InChI is InChI=1S/C18H17ClN2/c1-12-10-16(15-4-2-3-5-18(15)21-12)17(20)11-13-6-8-14(19)9-7-13/h2-10,17H,11,20H2,1H3. The van der Waals surface area contributed by atoms with Gasteiger partial charge in [-0.1, -0.05) is 41.9 Å². The first kappa shape index (κ1) is 14.1. The summed E-state index contributed by atoms with van der Waals surface area (Å²) in [6.07, 6.45) is 0.782. The number of fused-ring (bicyclic) bond motifs is 1. The van der Waals surface area contributed by atoms with Gasteiger partial charge in [0.05, 0.1) is 5.52 Å². The molecule has 0 bridgehead atoms. The van der Waals surface area contributed by atoms with E-state index in [0.717, 1.165) is 33.6 Å². The van der Waals surface area contributed by atoms with E-state index in [1.165, 1.54) is 5.56 Å². The Bertz CT molecular complexity index is 766. The summed E-state index contributed by atoms with van der Waals surface area (Å²) in [7, 11) is 0. The number of hydrogen-bond acceptors (Lipinski definition) is 2. The van der Waals surface area contributed by atoms with Crippen LogP contribution in [0.4, 0.5) is 0 Å². The zero-order chi connectivity index (χ0) is 14.8. The van der Waals surface area contributed by atoms with E-state index in [1.807, 2.05) is 49.4 Å². The Morgan fingerprint density at radius 3 is 2.57 bits per heavy atom. The van der Waals surface area contributed by atoms with E-state index in [9.17, 15) is 0 Å². The van der Waals surface area contributed by atoms with Crippen molar-refractivity contribution < 1.29 is 0 Å². The Morgan fingerprint density at radius 2 is 1.81 bits per heavy atom. The highest BCUT2D eigenvalue weighted by Crippen LogP contribution is 2.25. The first-order valence-electron chi connectivity index (χ1n) is 7.00. The van der Waals surface area contributed by atoms with Crippen LogP contribution in [0.25, 0.3) is 10.9 Å². The minimum Gasteiger partial charge on any atom is -0.324 e. The van der Waals surface area contributed by atoms with Gasteiger partial charge < -0.3 is 5.73 Å². The molecule has 3 heteroatoms. The van der Waals surface area contributed by atoms with Crippen LogP contribution in [0.5, 0.6) is 0 Å². The van der Waals surface area contributed by atoms with Gasteiger partial charge in [0, 0.05) is 22.1 Å². The van der Waals surface area contributed by atoms with Crippen molar-refractivity contribution in [2.75, 3.05) is 0 Å². The third kappa shape index (κ3) is 3.07. The highest BCUT2D eigenvalue weighted by Gasteiger charge is 2.12. The average Bonchev–Trinajstić information content (AvgIpc) is 2.48. The van der Waals surface area contributed by atoms with Crippen LogP contribution in [-0.2, 0) is 6.42 Å². The SMILES string of the molecule is Cc1cc(C(N)Cc2ccc(Cl)cc2)c2ccccc2n1. The molecule has 3 rings (SSSR count). The molecule has 21 heavy (non-hydrogen) atoms. The van der Waals surface area contributed by atoms with Crippen LogP contribution in [0.15, 0.2) is 54.6 Å². The van der Waals surface area contributed by atoms with E-state index < -0.39 is 0 Å². The number of nitrogens with zero attached hydrogens (tertiary/aromatic N) is 1. The molecule has 0 saturated carbocycles. The third-order valence-electron chi connectivity index (χ3n) is 3.64. The molecule has 106 valence electrons. The molecule has 1 unspecified atom stereocenters. The summed E-state index contributed by atoms with van der Waals surface area (Å²) in [5, 5.41) is 1.88. The molecule has 0 aliphatic rings. The van der Waals surface area contributed by atoms with Gasteiger partial charge in [-0.2, -0.15) is 0 Å². The Hall–Kier alpha value is -1.90. The normalized spacial score (nSPS) is 12.5. The topological polar surface area (TPSA) is 38.9 Å². The minimum absolute atomic E-state index is 0.0576. The molecule has 0 fully saturated rings. The molecule has 0 aliphatic heterocycles. The van der Waals surface area contributed by atoms with Gasteiger partial charge in [-0.05, 0) is 48.7 Å². The van der Waals surface area contributed by atoms with Crippen LogP contribution in [0.2, 0.25) is 5.02 Å². The monoisotopic (exact) mass is 296 g/mol. The van der Waals surface area contributed by atoms with Gasteiger partial charge in [0.1, 0.15) is 0 Å². The summed E-state index contributed by atoms with van der Waals surface area (Å²) in [6.45, 7) is 2.00. The van der Waals surface area contributed by atoms with Gasteiger partial charge >= 0.3 is 0 Å². The number of para-hydroxylation sites is 1. The Labute approximate surface area is 129 Å².